The maximum atomic E-state index is 5.94. The molecule has 0 radical (unpaired) electrons. The van der Waals surface area contributed by atoms with Crippen molar-refractivity contribution in [2.24, 2.45) is 11.7 Å². The maximum absolute atomic E-state index is 5.94. The molecule has 0 amide bonds. The number of furan rings is 1. The average Bonchev–Trinajstić information content (AvgIpc) is 2.51. The van der Waals surface area contributed by atoms with Gasteiger partial charge in [0.05, 0.1) is 6.04 Å². The second kappa shape index (κ2) is 5.42. The molecule has 0 aliphatic carbocycles. The quantitative estimate of drug-likeness (QED) is 0.813. The molecule has 80 valence electrons. The smallest absolute Gasteiger partial charge is 0.193 e. The highest BCUT2D eigenvalue weighted by molar-refractivity contribution is 6.28. The minimum atomic E-state index is -0.0127. The summed E-state index contributed by atoms with van der Waals surface area (Å²) in [5, 5.41) is 0.416. The zero-order valence-electron chi connectivity index (χ0n) is 8.79. The SMILES string of the molecule is CC(C)CCCC(N)c1ccc(Cl)o1. The van der Waals surface area contributed by atoms with Gasteiger partial charge < -0.3 is 10.2 Å². The van der Waals surface area contributed by atoms with Crippen LogP contribution in [0.3, 0.4) is 0 Å². The van der Waals surface area contributed by atoms with Crippen molar-refractivity contribution in [1.82, 2.24) is 0 Å². The molecule has 1 aromatic rings. The third kappa shape index (κ3) is 3.72. The summed E-state index contributed by atoms with van der Waals surface area (Å²) in [7, 11) is 0. The molecule has 1 unspecified atom stereocenters. The molecule has 0 saturated heterocycles. The summed E-state index contributed by atoms with van der Waals surface area (Å²) < 4.78 is 5.24. The van der Waals surface area contributed by atoms with Crippen molar-refractivity contribution in [3.63, 3.8) is 0 Å². The van der Waals surface area contributed by atoms with Crippen LogP contribution in [0, 0.1) is 5.92 Å². The van der Waals surface area contributed by atoms with Crippen LogP contribution in [-0.4, -0.2) is 0 Å². The maximum Gasteiger partial charge on any atom is 0.193 e. The molecule has 1 aromatic heterocycles. The van der Waals surface area contributed by atoms with Gasteiger partial charge in [-0.05, 0) is 36.1 Å². The van der Waals surface area contributed by atoms with Crippen molar-refractivity contribution in [2.45, 2.75) is 39.2 Å². The lowest BCUT2D eigenvalue weighted by molar-refractivity contribution is 0.430. The lowest BCUT2D eigenvalue weighted by Crippen LogP contribution is -2.09. The predicted octanol–water partition coefficient (Wildman–Crippen LogP) is 3.76. The number of hydrogen-bond donors (Lipinski definition) is 1. The Morgan fingerprint density at radius 2 is 2.07 bits per heavy atom. The monoisotopic (exact) mass is 215 g/mol. The van der Waals surface area contributed by atoms with Gasteiger partial charge in [-0.2, -0.15) is 0 Å². The predicted molar refractivity (Wildman–Crippen MR) is 59.3 cm³/mol. The second-order valence-electron chi connectivity index (χ2n) is 4.07. The first-order chi connectivity index (χ1) is 6.59. The molecule has 1 rings (SSSR count). The van der Waals surface area contributed by atoms with Crippen LogP contribution in [-0.2, 0) is 0 Å². The summed E-state index contributed by atoms with van der Waals surface area (Å²) in [4.78, 5) is 0. The van der Waals surface area contributed by atoms with Crippen molar-refractivity contribution < 1.29 is 4.42 Å². The fourth-order valence-electron chi connectivity index (χ4n) is 1.42. The van der Waals surface area contributed by atoms with Gasteiger partial charge in [0.2, 0.25) is 0 Å². The van der Waals surface area contributed by atoms with Crippen LogP contribution in [0.1, 0.15) is 44.9 Å². The van der Waals surface area contributed by atoms with E-state index in [1.54, 1.807) is 6.07 Å². The molecular weight excluding hydrogens is 198 g/mol. The number of halogens is 1. The topological polar surface area (TPSA) is 39.2 Å². The van der Waals surface area contributed by atoms with Crippen LogP contribution < -0.4 is 5.73 Å². The Hall–Kier alpha value is -0.470. The molecule has 3 heteroatoms. The number of rotatable bonds is 5. The van der Waals surface area contributed by atoms with Crippen LogP contribution in [0.15, 0.2) is 16.5 Å². The van der Waals surface area contributed by atoms with E-state index in [1.165, 1.54) is 6.42 Å². The first kappa shape index (κ1) is 11.6. The Morgan fingerprint density at radius 3 is 2.57 bits per heavy atom. The first-order valence-electron chi connectivity index (χ1n) is 5.10. The van der Waals surface area contributed by atoms with Crippen molar-refractivity contribution in [3.05, 3.63) is 23.1 Å². The molecule has 0 bridgehead atoms. The normalized spacial score (nSPS) is 13.5. The third-order valence-electron chi connectivity index (χ3n) is 2.26. The summed E-state index contributed by atoms with van der Waals surface area (Å²) >= 11 is 5.67. The Bertz CT molecular complexity index is 270. The molecule has 2 N–H and O–H groups in total. The van der Waals surface area contributed by atoms with Crippen LogP contribution in [0.25, 0.3) is 0 Å². The minimum Gasteiger partial charge on any atom is -0.448 e. The van der Waals surface area contributed by atoms with Gasteiger partial charge in [-0.3, -0.25) is 0 Å². The van der Waals surface area contributed by atoms with Crippen LogP contribution in [0.2, 0.25) is 5.22 Å². The van der Waals surface area contributed by atoms with Gasteiger partial charge in [0.15, 0.2) is 5.22 Å². The van der Waals surface area contributed by atoms with E-state index in [0.29, 0.717) is 5.22 Å². The summed E-state index contributed by atoms with van der Waals surface area (Å²) in [6.07, 6.45) is 3.31. The molecule has 2 nitrogen and oxygen atoms in total. The largest absolute Gasteiger partial charge is 0.448 e. The number of hydrogen-bond acceptors (Lipinski definition) is 2. The third-order valence-corrected chi connectivity index (χ3v) is 2.46. The highest BCUT2D eigenvalue weighted by Gasteiger charge is 2.10. The van der Waals surface area contributed by atoms with Gasteiger partial charge in [-0.25, -0.2) is 0 Å². The van der Waals surface area contributed by atoms with Gasteiger partial charge >= 0.3 is 0 Å². The Balaban J connectivity index is 2.32. The van der Waals surface area contributed by atoms with Gasteiger partial charge in [0.1, 0.15) is 5.76 Å². The van der Waals surface area contributed by atoms with Crippen molar-refractivity contribution >= 4 is 11.6 Å². The van der Waals surface area contributed by atoms with Crippen LogP contribution in [0.5, 0.6) is 0 Å². The van der Waals surface area contributed by atoms with E-state index in [2.05, 4.69) is 13.8 Å². The van der Waals surface area contributed by atoms with Crippen molar-refractivity contribution in [2.75, 3.05) is 0 Å². The van der Waals surface area contributed by atoms with Gasteiger partial charge in [-0.15, -0.1) is 0 Å². The Kier molecular flexibility index (Phi) is 4.49. The fraction of sp³-hybridized carbons (Fsp3) is 0.636. The molecule has 0 saturated carbocycles. The highest BCUT2D eigenvalue weighted by Crippen LogP contribution is 2.22. The Labute approximate surface area is 90.4 Å². The summed E-state index contributed by atoms with van der Waals surface area (Å²) in [5.41, 5.74) is 5.94. The second-order valence-corrected chi connectivity index (χ2v) is 4.45. The van der Waals surface area contributed by atoms with E-state index in [-0.39, 0.29) is 6.04 Å². The molecule has 0 aliphatic heterocycles. The average molecular weight is 216 g/mol. The lowest BCUT2D eigenvalue weighted by Gasteiger charge is -2.09. The molecule has 0 spiro atoms. The van der Waals surface area contributed by atoms with Crippen molar-refractivity contribution in [1.29, 1.82) is 0 Å². The first-order valence-corrected chi connectivity index (χ1v) is 5.48. The van der Waals surface area contributed by atoms with E-state index < -0.39 is 0 Å². The zero-order valence-corrected chi connectivity index (χ0v) is 9.55. The van der Waals surface area contributed by atoms with E-state index in [1.807, 2.05) is 6.07 Å². The minimum absolute atomic E-state index is 0.0127. The molecule has 0 fully saturated rings. The summed E-state index contributed by atoms with van der Waals surface area (Å²) in [6.45, 7) is 4.44. The summed E-state index contributed by atoms with van der Waals surface area (Å²) in [5.74, 6) is 1.53. The summed E-state index contributed by atoms with van der Waals surface area (Å²) in [6, 6.07) is 3.57. The Morgan fingerprint density at radius 1 is 1.36 bits per heavy atom. The highest BCUT2D eigenvalue weighted by atomic mass is 35.5. The molecule has 14 heavy (non-hydrogen) atoms. The van der Waals surface area contributed by atoms with Gasteiger partial charge in [0, 0.05) is 0 Å². The van der Waals surface area contributed by atoms with Crippen LogP contribution >= 0.6 is 11.6 Å². The zero-order chi connectivity index (χ0) is 10.6. The van der Waals surface area contributed by atoms with E-state index in [9.17, 15) is 0 Å². The van der Waals surface area contributed by atoms with E-state index in [4.69, 9.17) is 21.8 Å². The molecule has 0 aliphatic rings. The van der Waals surface area contributed by atoms with E-state index >= 15 is 0 Å². The van der Waals surface area contributed by atoms with Crippen LogP contribution in [0.4, 0.5) is 0 Å². The molecule has 0 aromatic carbocycles. The standard InChI is InChI=1S/C11H18ClNO/c1-8(2)4-3-5-9(13)10-6-7-11(12)14-10/h6-9H,3-5,13H2,1-2H3. The van der Waals surface area contributed by atoms with Gasteiger partial charge in [-0.1, -0.05) is 26.7 Å². The number of nitrogens with two attached hydrogens (primary N) is 1. The van der Waals surface area contributed by atoms with E-state index in [0.717, 1.165) is 24.5 Å². The fourth-order valence-corrected chi connectivity index (χ4v) is 1.57. The molecular formula is C11H18ClNO. The van der Waals surface area contributed by atoms with Crippen molar-refractivity contribution in [3.8, 4) is 0 Å². The lowest BCUT2D eigenvalue weighted by atomic mass is 10.0. The molecule has 1 heterocycles. The van der Waals surface area contributed by atoms with Gasteiger partial charge in [0.25, 0.3) is 0 Å². The molecule has 1 atom stereocenters.